The fourth-order valence-corrected chi connectivity index (χ4v) is 3.01. The molecule has 0 bridgehead atoms. The zero-order chi connectivity index (χ0) is 17.8. The summed E-state index contributed by atoms with van der Waals surface area (Å²) in [7, 11) is 1.35. The largest absolute Gasteiger partial charge is 0.466 e. The van der Waals surface area contributed by atoms with Gasteiger partial charge < -0.3 is 10.1 Å². The summed E-state index contributed by atoms with van der Waals surface area (Å²) in [4.78, 5) is 26.7. The molecule has 0 unspecified atom stereocenters. The number of allylic oxidation sites excluding steroid dienone is 1. The van der Waals surface area contributed by atoms with Crippen molar-refractivity contribution < 1.29 is 14.3 Å². The van der Waals surface area contributed by atoms with Gasteiger partial charge in [-0.2, -0.15) is 0 Å². The molecule has 0 radical (unpaired) electrons. The number of carbonyl (C=O) groups excluding carboxylic acids is 2. The molecule has 0 spiro atoms. The minimum absolute atomic E-state index is 0.233. The second kappa shape index (κ2) is 7.21. The number of hydrogen-bond acceptors (Lipinski definition) is 3. The van der Waals surface area contributed by atoms with Crippen LogP contribution >= 0.6 is 0 Å². The highest BCUT2D eigenvalue weighted by Gasteiger charge is 2.36. The van der Waals surface area contributed by atoms with Crippen molar-refractivity contribution in [3.8, 4) is 0 Å². The molecule has 1 aliphatic rings. The number of amides is 2. The minimum Gasteiger partial charge on any atom is -0.466 e. The van der Waals surface area contributed by atoms with Gasteiger partial charge in [0.2, 0.25) is 0 Å². The lowest BCUT2D eigenvalue weighted by atomic mass is 9.95. The summed E-state index contributed by atoms with van der Waals surface area (Å²) in [5.41, 5.74) is 2.88. The quantitative estimate of drug-likeness (QED) is 0.871. The monoisotopic (exact) mass is 336 g/mol. The molecule has 0 fully saturated rings. The first-order valence-corrected chi connectivity index (χ1v) is 8.08. The molecule has 5 nitrogen and oxygen atoms in total. The van der Waals surface area contributed by atoms with E-state index in [4.69, 9.17) is 4.74 Å². The third-order valence-corrected chi connectivity index (χ3v) is 4.32. The standard InChI is InChI=1S/C20H20N2O3/c1-14-17(19(23)25-2)18(16-11-7-4-8-12-16)21-20(24)22(14)13-15-9-5-3-6-10-15/h3-12,18H,13H2,1-2H3,(H,21,24)/t18-/m0/s1. The van der Waals surface area contributed by atoms with Gasteiger partial charge in [0.05, 0.1) is 25.3 Å². The fraction of sp³-hybridized carbons (Fsp3) is 0.200. The van der Waals surface area contributed by atoms with Crippen molar-refractivity contribution in [1.29, 1.82) is 0 Å². The van der Waals surface area contributed by atoms with Crippen LogP contribution in [0.3, 0.4) is 0 Å². The molecule has 0 aromatic heterocycles. The van der Waals surface area contributed by atoms with Crippen molar-refractivity contribution in [2.75, 3.05) is 7.11 Å². The van der Waals surface area contributed by atoms with Gasteiger partial charge in [0.1, 0.15) is 0 Å². The molecule has 3 rings (SSSR count). The molecule has 25 heavy (non-hydrogen) atoms. The second-order valence-corrected chi connectivity index (χ2v) is 5.86. The van der Waals surface area contributed by atoms with Crippen LogP contribution in [0.5, 0.6) is 0 Å². The lowest BCUT2D eigenvalue weighted by Crippen LogP contribution is -2.47. The van der Waals surface area contributed by atoms with Crippen molar-refractivity contribution in [1.82, 2.24) is 10.2 Å². The van der Waals surface area contributed by atoms with Crippen molar-refractivity contribution in [3.63, 3.8) is 0 Å². The Morgan fingerprint density at radius 2 is 1.68 bits per heavy atom. The smallest absolute Gasteiger partial charge is 0.337 e. The summed E-state index contributed by atoms with van der Waals surface area (Å²) in [6.45, 7) is 2.17. The maximum absolute atomic E-state index is 12.7. The summed E-state index contributed by atoms with van der Waals surface area (Å²) in [5.74, 6) is -0.440. The summed E-state index contributed by atoms with van der Waals surface area (Å²) in [6.07, 6.45) is 0. The van der Waals surface area contributed by atoms with Gasteiger partial charge in [-0.15, -0.1) is 0 Å². The third kappa shape index (κ3) is 3.40. The van der Waals surface area contributed by atoms with E-state index in [-0.39, 0.29) is 6.03 Å². The maximum Gasteiger partial charge on any atom is 0.337 e. The molecule has 0 saturated carbocycles. The average molecular weight is 336 g/mol. The van der Waals surface area contributed by atoms with E-state index in [9.17, 15) is 9.59 Å². The van der Waals surface area contributed by atoms with E-state index in [1.807, 2.05) is 60.7 Å². The zero-order valence-electron chi connectivity index (χ0n) is 14.2. The Labute approximate surface area is 146 Å². The molecule has 0 aliphatic carbocycles. The molecule has 5 heteroatoms. The average Bonchev–Trinajstić information content (AvgIpc) is 2.65. The number of esters is 1. The van der Waals surface area contributed by atoms with Crippen molar-refractivity contribution >= 4 is 12.0 Å². The molecule has 1 heterocycles. The van der Waals surface area contributed by atoms with E-state index in [2.05, 4.69) is 5.32 Å². The summed E-state index contributed by atoms with van der Waals surface area (Å²) in [6, 6.07) is 18.3. The van der Waals surface area contributed by atoms with Gasteiger partial charge in [0.15, 0.2) is 0 Å². The van der Waals surface area contributed by atoms with Gasteiger partial charge in [-0.25, -0.2) is 9.59 Å². The Kier molecular flexibility index (Phi) is 4.84. The maximum atomic E-state index is 12.7. The van der Waals surface area contributed by atoms with Crippen LogP contribution in [0.1, 0.15) is 24.1 Å². The Morgan fingerprint density at radius 3 is 2.28 bits per heavy atom. The predicted octanol–water partition coefficient (Wildman–Crippen LogP) is 3.40. The van der Waals surface area contributed by atoms with Crippen molar-refractivity contribution in [3.05, 3.63) is 83.1 Å². The van der Waals surface area contributed by atoms with Crippen LogP contribution in [0.15, 0.2) is 71.9 Å². The first kappa shape index (κ1) is 16.8. The highest BCUT2D eigenvalue weighted by Crippen LogP contribution is 2.31. The van der Waals surface area contributed by atoms with Crippen LogP contribution in [0.25, 0.3) is 0 Å². The highest BCUT2D eigenvalue weighted by molar-refractivity contribution is 5.94. The molecule has 1 aliphatic heterocycles. The van der Waals surface area contributed by atoms with Crippen LogP contribution < -0.4 is 5.32 Å². The number of benzene rings is 2. The highest BCUT2D eigenvalue weighted by atomic mass is 16.5. The number of methoxy groups -OCH3 is 1. The predicted molar refractivity (Wildman–Crippen MR) is 94.4 cm³/mol. The number of nitrogens with one attached hydrogen (secondary N) is 1. The van der Waals surface area contributed by atoms with Crippen LogP contribution in [0.4, 0.5) is 4.79 Å². The first-order chi connectivity index (χ1) is 12.1. The van der Waals surface area contributed by atoms with E-state index >= 15 is 0 Å². The molecule has 1 N–H and O–H groups in total. The number of ether oxygens (including phenoxy) is 1. The Balaban J connectivity index is 2.02. The van der Waals surface area contributed by atoms with E-state index in [0.717, 1.165) is 11.1 Å². The Morgan fingerprint density at radius 1 is 1.08 bits per heavy atom. The van der Waals surface area contributed by atoms with E-state index < -0.39 is 12.0 Å². The molecule has 2 aromatic carbocycles. The minimum atomic E-state index is -0.520. The van der Waals surface area contributed by atoms with Gasteiger partial charge >= 0.3 is 12.0 Å². The number of urea groups is 1. The van der Waals surface area contributed by atoms with E-state index in [0.29, 0.717) is 17.8 Å². The van der Waals surface area contributed by atoms with Crippen LogP contribution in [-0.4, -0.2) is 24.0 Å². The van der Waals surface area contributed by atoms with Gasteiger partial charge in [-0.1, -0.05) is 60.7 Å². The van der Waals surface area contributed by atoms with Gasteiger partial charge in [0, 0.05) is 5.70 Å². The normalized spacial score (nSPS) is 17.3. The molecule has 2 aromatic rings. The van der Waals surface area contributed by atoms with Gasteiger partial charge in [-0.3, -0.25) is 4.90 Å². The topological polar surface area (TPSA) is 58.6 Å². The Bertz CT molecular complexity index is 800. The molecule has 0 saturated heterocycles. The molecular weight excluding hydrogens is 316 g/mol. The Hall–Kier alpha value is -3.08. The summed E-state index contributed by atoms with van der Waals surface area (Å²) >= 11 is 0. The van der Waals surface area contributed by atoms with Crippen molar-refractivity contribution in [2.45, 2.75) is 19.5 Å². The van der Waals surface area contributed by atoms with Gasteiger partial charge in [-0.05, 0) is 18.1 Å². The van der Waals surface area contributed by atoms with E-state index in [1.165, 1.54) is 7.11 Å². The van der Waals surface area contributed by atoms with E-state index in [1.54, 1.807) is 11.8 Å². The number of rotatable bonds is 4. The van der Waals surface area contributed by atoms with Crippen LogP contribution in [0, 0.1) is 0 Å². The first-order valence-electron chi connectivity index (χ1n) is 8.08. The molecular formula is C20H20N2O3. The lowest BCUT2D eigenvalue weighted by Gasteiger charge is -2.35. The van der Waals surface area contributed by atoms with Crippen molar-refractivity contribution in [2.24, 2.45) is 0 Å². The van der Waals surface area contributed by atoms with Gasteiger partial charge in [0.25, 0.3) is 0 Å². The fourth-order valence-electron chi connectivity index (χ4n) is 3.01. The SMILES string of the molecule is COC(=O)C1=C(C)N(Cc2ccccc2)C(=O)N[C@H]1c1ccccc1. The number of nitrogens with zero attached hydrogens (tertiary/aromatic N) is 1. The molecule has 1 atom stereocenters. The summed E-state index contributed by atoms with van der Waals surface area (Å²) < 4.78 is 4.97. The van der Waals surface area contributed by atoms with Crippen LogP contribution in [0.2, 0.25) is 0 Å². The lowest BCUT2D eigenvalue weighted by molar-refractivity contribution is -0.136. The number of carbonyl (C=O) groups is 2. The zero-order valence-corrected chi connectivity index (χ0v) is 14.2. The third-order valence-electron chi connectivity index (χ3n) is 4.32. The van der Waals surface area contributed by atoms with Crippen LogP contribution in [-0.2, 0) is 16.1 Å². The molecule has 128 valence electrons. The summed E-state index contributed by atoms with van der Waals surface area (Å²) in [5, 5.41) is 2.93. The molecule has 2 amide bonds. The second-order valence-electron chi connectivity index (χ2n) is 5.86. The number of hydrogen-bond donors (Lipinski definition) is 1.